The minimum atomic E-state index is 0.483. The highest BCUT2D eigenvalue weighted by Crippen LogP contribution is 2.40. The van der Waals surface area contributed by atoms with E-state index in [2.05, 4.69) is 39.0 Å². The fraction of sp³-hybridized carbons (Fsp3) is 0.579. The summed E-state index contributed by atoms with van der Waals surface area (Å²) in [4.78, 5) is 9.48. The van der Waals surface area contributed by atoms with Gasteiger partial charge < -0.3 is 9.26 Å². The zero-order chi connectivity index (χ0) is 17.2. The van der Waals surface area contributed by atoms with Crippen LogP contribution in [0.4, 0.5) is 0 Å². The molecule has 1 unspecified atom stereocenters. The molecule has 1 saturated heterocycles. The van der Waals surface area contributed by atoms with Gasteiger partial charge in [-0.15, -0.1) is 0 Å². The van der Waals surface area contributed by atoms with E-state index >= 15 is 0 Å². The highest BCUT2D eigenvalue weighted by molar-refractivity contribution is 5.16. The van der Waals surface area contributed by atoms with E-state index in [0.717, 1.165) is 49.9 Å². The lowest BCUT2D eigenvalue weighted by atomic mass is 10.1. The van der Waals surface area contributed by atoms with Crippen molar-refractivity contribution in [3.63, 3.8) is 0 Å². The third-order valence-corrected chi connectivity index (χ3v) is 5.15. The molecule has 2 aromatic heterocycles. The largest absolute Gasteiger partial charge is 0.481 e. The Labute approximate surface area is 148 Å². The summed E-state index contributed by atoms with van der Waals surface area (Å²) in [6, 6.07) is 8.59. The molecule has 4 rings (SSSR count). The number of hydrogen-bond acceptors (Lipinski definition) is 6. The molecule has 6 heteroatoms. The van der Waals surface area contributed by atoms with Crippen molar-refractivity contribution in [1.29, 1.82) is 0 Å². The van der Waals surface area contributed by atoms with Crippen molar-refractivity contribution in [3.05, 3.63) is 41.4 Å². The van der Waals surface area contributed by atoms with Gasteiger partial charge in [-0.1, -0.05) is 11.2 Å². The minimum absolute atomic E-state index is 0.483. The number of hydrogen-bond donors (Lipinski definition) is 0. The highest BCUT2D eigenvalue weighted by atomic mass is 16.5. The summed E-state index contributed by atoms with van der Waals surface area (Å²) in [5.41, 5.74) is 2.13. The van der Waals surface area contributed by atoms with E-state index in [1.54, 1.807) is 7.11 Å². The van der Waals surface area contributed by atoms with E-state index in [4.69, 9.17) is 9.26 Å². The van der Waals surface area contributed by atoms with E-state index in [0.29, 0.717) is 17.8 Å². The second kappa shape index (κ2) is 7.14. The lowest BCUT2D eigenvalue weighted by Gasteiger charge is -2.39. The van der Waals surface area contributed by atoms with Crippen LogP contribution in [-0.2, 0) is 13.1 Å². The molecule has 134 valence electrons. The van der Waals surface area contributed by atoms with Gasteiger partial charge in [0.15, 0.2) is 0 Å². The zero-order valence-corrected chi connectivity index (χ0v) is 15.0. The lowest BCUT2D eigenvalue weighted by Crippen LogP contribution is -2.51. The highest BCUT2D eigenvalue weighted by Gasteiger charge is 2.29. The van der Waals surface area contributed by atoms with Crippen molar-refractivity contribution in [1.82, 2.24) is 19.9 Å². The van der Waals surface area contributed by atoms with Gasteiger partial charge in [-0.2, -0.15) is 0 Å². The molecule has 2 aliphatic rings. The standard InChI is InChI=1S/C19H26N4O2/c1-14-11-22(12-17-10-18(25-21-17)15-6-7-15)8-9-23(14)13-16-4-3-5-19(20-16)24-2/h3-5,10,14-15H,6-9,11-13H2,1-2H3. The van der Waals surface area contributed by atoms with Crippen LogP contribution >= 0.6 is 0 Å². The number of rotatable bonds is 6. The Morgan fingerprint density at radius 3 is 2.84 bits per heavy atom. The number of aromatic nitrogens is 2. The summed E-state index contributed by atoms with van der Waals surface area (Å²) in [7, 11) is 1.66. The average molecular weight is 342 g/mol. The van der Waals surface area contributed by atoms with E-state index in [1.165, 1.54) is 12.8 Å². The lowest BCUT2D eigenvalue weighted by molar-refractivity contribution is 0.0709. The van der Waals surface area contributed by atoms with Gasteiger partial charge >= 0.3 is 0 Å². The Kier molecular flexibility index (Phi) is 4.72. The zero-order valence-electron chi connectivity index (χ0n) is 15.0. The van der Waals surface area contributed by atoms with Crippen LogP contribution in [0.5, 0.6) is 5.88 Å². The van der Waals surface area contributed by atoms with Gasteiger partial charge in [0, 0.05) is 56.8 Å². The number of methoxy groups -OCH3 is 1. The molecule has 0 spiro atoms. The minimum Gasteiger partial charge on any atom is -0.481 e. The smallest absolute Gasteiger partial charge is 0.213 e. The third-order valence-electron chi connectivity index (χ3n) is 5.15. The van der Waals surface area contributed by atoms with Crippen LogP contribution < -0.4 is 4.74 Å². The first kappa shape index (κ1) is 16.5. The summed E-state index contributed by atoms with van der Waals surface area (Å²) in [6.07, 6.45) is 2.51. The van der Waals surface area contributed by atoms with Crippen LogP contribution in [0.15, 0.2) is 28.8 Å². The van der Waals surface area contributed by atoms with Crippen molar-refractivity contribution in [2.24, 2.45) is 0 Å². The normalized spacial score (nSPS) is 22.2. The topological polar surface area (TPSA) is 54.6 Å². The van der Waals surface area contributed by atoms with Gasteiger partial charge in [-0.3, -0.25) is 9.80 Å². The quantitative estimate of drug-likeness (QED) is 0.804. The molecule has 3 heterocycles. The Bertz CT molecular complexity index is 713. The van der Waals surface area contributed by atoms with Crippen molar-refractivity contribution in [2.45, 2.75) is 44.8 Å². The maximum atomic E-state index is 5.47. The molecule has 1 atom stereocenters. The number of ether oxygens (including phenoxy) is 1. The van der Waals surface area contributed by atoms with Crippen molar-refractivity contribution in [3.8, 4) is 5.88 Å². The molecule has 0 radical (unpaired) electrons. The fourth-order valence-corrected chi connectivity index (χ4v) is 3.51. The Morgan fingerprint density at radius 2 is 2.08 bits per heavy atom. The average Bonchev–Trinajstić information content (AvgIpc) is 3.37. The molecule has 6 nitrogen and oxygen atoms in total. The second-order valence-corrected chi connectivity index (χ2v) is 7.22. The third kappa shape index (κ3) is 4.02. The van der Waals surface area contributed by atoms with E-state index in [1.807, 2.05) is 12.1 Å². The molecule has 1 aliphatic carbocycles. The van der Waals surface area contributed by atoms with Crippen molar-refractivity contribution >= 4 is 0 Å². The van der Waals surface area contributed by atoms with Crippen LogP contribution in [0.2, 0.25) is 0 Å². The molecule has 2 fully saturated rings. The van der Waals surface area contributed by atoms with Crippen molar-refractivity contribution < 1.29 is 9.26 Å². The first-order valence-electron chi connectivity index (χ1n) is 9.13. The van der Waals surface area contributed by atoms with Gasteiger partial charge in [0.25, 0.3) is 0 Å². The maximum Gasteiger partial charge on any atom is 0.213 e. The molecule has 0 bridgehead atoms. The van der Waals surface area contributed by atoms with Gasteiger partial charge in [-0.05, 0) is 25.8 Å². The number of nitrogens with zero attached hydrogens (tertiary/aromatic N) is 4. The van der Waals surface area contributed by atoms with Crippen molar-refractivity contribution in [2.75, 3.05) is 26.7 Å². The molecular weight excluding hydrogens is 316 g/mol. The first-order valence-corrected chi connectivity index (χ1v) is 9.13. The van der Waals surface area contributed by atoms with Gasteiger partial charge in [0.2, 0.25) is 5.88 Å². The van der Waals surface area contributed by atoms with Gasteiger partial charge in [0.1, 0.15) is 5.76 Å². The van der Waals surface area contributed by atoms with Gasteiger partial charge in [0.05, 0.1) is 18.5 Å². The summed E-state index contributed by atoms with van der Waals surface area (Å²) in [5, 5.41) is 4.25. The molecule has 0 aromatic carbocycles. The van der Waals surface area contributed by atoms with Crippen LogP contribution in [0, 0.1) is 0 Å². The molecule has 0 N–H and O–H groups in total. The molecular formula is C19H26N4O2. The summed E-state index contributed by atoms with van der Waals surface area (Å²) in [6.45, 7) is 7.14. The predicted octanol–water partition coefficient (Wildman–Crippen LogP) is 2.66. The fourth-order valence-electron chi connectivity index (χ4n) is 3.51. The van der Waals surface area contributed by atoms with Crippen LogP contribution in [0.1, 0.15) is 42.8 Å². The van der Waals surface area contributed by atoms with Gasteiger partial charge in [-0.25, -0.2) is 4.98 Å². The Balaban J connectivity index is 1.31. The second-order valence-electron chi connectivity index (χ2n) is 7.22. The molecule has 0 amide bonds. The molecule has 1 saturated carbocycles. The van der Waals surface area contributed by atoms with E-state index in [9.17, 15) is 0 Å². The summed E-state index contributed by atoms with van der Waals surface area (Å²) >= 11 is 0. The van der Waals surface area contributed by atoms with E-state index < -0.39 is 0 Å². The Morgan fingerprint density at radius 1 is 1.20 bits per heavy atom. The first-order chi connectivity index (χ1) is 12.2. The number of pyridine rings is 1. The van der Waals surface area contributed by atoms with Crippen LogP contribution in [0.3, 0.4) is 0 Å². The SMILES string of the molecule is COc1cccc(CN2CCN(Cc3cc(C4CC4)on3)CC2C)n1. The summed E-state index contributed by atoms with van der Waals surface area (Å²) < 4.78 is 10.7. The van der Waals surface area contributed by atoms with E-state index in [-0.39, 0.29) is 0 Å². The number of piperazine rings is 1. The summed E-state index contributed by atoms with van der Waals surface area (Å²) in [5.74, 6) is 2.39. The Hall–Kier alpha value is -1.92. The molecule has 25 heavy (non-hydrogen) atoms. The molecule has 1 aliphatic heterocycles. The monoisotopic (exact) mass is 342 g/mol. The maximum absolute atomic E-state index is 5.47. The predicted molar refractivity (Wildman–Crippen MR) is 94.4 cm³/mol. The van der Waals surface area contributed by atoms with Crippen LogP contribution in [0.25, 0.3) is 0 Å². The van der Waals surface area contributed by atoms with Crippen LogP contribution in [-0.4, -0.2) is 52.7 Å². The molecule has 2 aromatic rings.